The average molecular weight is 279 g/mol. The fourth-order valence-electron chi connectivity index (χ4n) is 1.45. The fourth-order valence-corrected chi connectivity index (χ4v) is 2.36. The molecule has 1 rings (SSSR count). The largest absolute Gasteiger partial charge is 0.370 e. The highest BCUT2D eigenvalue weighted by Crippen LogP contribution is 2.22. The Morgan fingerprint density at radius 2 is 1.79 bits per heavy atom. The number of nitrogens with two attached hydrogens (primary N) is 3. The summed E-state index contributed by atoms with van der Waals surface area (Å²) >= 11 is 1.85. The van der Waals surface area contributed by atoms with Gasteiger partial charge in [-0.25, -0.2) is 4.99 Å². The van der Waals surface area contributed by atoms with Crippen LogP contribution in [0.2, 0.25) is 0 Å². The van der Waals surface area contributed by atoms with Crippen molar-refractivity contribution in [3.63, 3.8) is 0 Å². The summed E-state index contributed by atoms with van der Waals surface area (Å²) in [5, 5.41) is 0. The molecule has 1 aromatic rings. The molecule has 0 bridgehead atoms. The van der Waals surface area contributed by atoms with Crippen LogP contribution in [-0.4, -0.2) is 17.7 Å². The van der Waals surface area contributed by atoms with E-state index >= 15 is 0 Å². The minimum atomic E-state index is -0.0932. The van der Waals surface area contributed by atoms with Gasteiger partial charge in [0.15, 0.2) is 5.96 Å². The molecular formula is C13H21N5S. The van der Waals surface area contributed by atoms with E-state index < -0.39 is 0 Å². The number of nitrogens with zero attached hydrogens (tertiary/aromatic N) is 2. The first-order chi connectivity index (χ1) is 9.11. The topological polar surface area (TPSA) is 103 Å². The number of rotatable bonds is 6. The Balaban J connectivity index is 2.54. The average Bonchev–Trinajstić information content (AvgIpc) is 2.35. The molecular weight excluding hydrogens is 258 g/mol. The van der Waals surface area contributed by atoms with Crippen LogP contribution in [0.3, 0.4) is 0 Å². The van der Waals surface area contributed by atoms with Crippen molar-refractivity contribution in [3.8, 4) is 0 Å². The number of thioether (sulfide) groups is 1. The molecule has 5 nitrogen and oxygen atoms in total. The number of unbranched alkanes of at least 4 members (excludes halogenated alkanes) is 2. The lowest BCUT2D eigenvalue weighted by Crippen LogP contribution is -2.26. The zero-order chi connectivity index (χ0) is 14.1. The van der Waals surface area contributed by atoms with E-state index in [9.17, 15) is 0 Å². The molecule has 0 unspecified atom stereocenters. The normalized spacial score (nSPS) is 11.3. The summed E-state index contributed by atoms with van der Waals surface area (Å²) in [6.07, 6.45) is 3.78. The van der Waals surface area contributed by atoms with Crippen molar-refractivity contribution in [2.24, 2.45) is 27.2 Å². The van der Waals surface area contributed by atoms with Crippen molar-refractivity contribution in [2.45, 2.75) is 31.1 Å². The van der Waals surface area contributed by atoms with Crippen molar-refractivity contribution < 1.29 is 0 Å². The molecule has 1 aromatic carbocycles. The van der Waals surface area contributed by atoms with E-state index in [2.05, 4.69) is 16.9 Å². The summed E-state index contributed by atoms with van der Waals surface area (Å²) in [4.78, 5) is 8.98. The minimum absolute atomic E-state index is 0.0587. The maximum atomic E-state index is 5.56. The Hall–Kier alpha value is -1.69. The van der Waals surface area contributed by atoms with Crippen LogP contribution in [0, 0.1) is 0 Å². The number of aliphatic imine (C=N–C) groups is 2. The van der Waals surface area contributed by atoms with E-state index in [0.29, 0.717) is 0 Å². The van der Waals surface area contributed by atoms with Crippen LogP contribution in [0.15, 0.2) is 39.1 Å². The maximum absolute atomic E-state index is 5.56. The molecule has 0 radical (unpaired) electrons. The highest BCUT2D eigenvalue weighted by atomic mass is 32.2. The molecule has 0 heterocycles. The van der Waals surface area contributed by atoms with Gasteiger partial charge in [-0.1, -0.05) is 19.8 Å². The van der Waals surface area contributed by atoms with Gasteiger partial charge < -0.3 is 17.2 Å². The molecule has 0 aliphatic heterocycles. The molecule has 6 N–H and O–H groups in total. The number of hydrogen-bond acceptors (Lipinski definition) is 2. The van der Waals surface area contributed by atoms with E-state index in [0.717, 1.165) is 11.4 Å². The third-order valence-corrected chi connectivity index (χ3v) is 3.44. The molecule has 0 spiro atoms. The van der Waals surface area contributed by atoms with Crippen molar-refractivity contribution in [1.82, 2.24) is 0 Å². The van der Waals surface area contributed by atoms with Gasteiger partial charge >= 0.3 is 0 Å². The van der Waals surface area contributed by atoms with E-state index in [1.165, 1.54) is 24.2 Å². The Labute approximate surface area is 118 Å². The Morgan fingerprint density at radius 3 is 2.37 bits per heavy atom. The van der Waals surface area contributed by atoms with Gasteiger partial charge in [0.05, 0.1) is 5.69 Å². The summed E-state index contributed by atoms with van der Waals surface area (Å²) in [5.74, 6) is 1.11. The molecule has 19 heavy (non-hydrogen) atoms. The number of benzene rings is 1. The SMILES string of the molecule is CCCCCSc1ccc(N=C(N)N=C(N)N)cc1. The Bertz CT molecular complexity index is 435. The molecule has 0 saturated carbocycles. The summed E-state index contributed by atoms with van der Waals surface area (Å²) < 4.78 is 0. The maximum Gasteiger partial charge on any atom is 0.223 e. The van der Waals surface area contributed by atoms with Gasteiger partial charge in [-0.05, 0) is 36.4 Å². The molecule has 6 heteroatoms. The lowest BCUT2D eigenvalue weighted by molar-refractivity contribution is 0.778. The molecule has 0 atom stereocenters. The van der Waals surface area contributed by atoms with Gasteiger partial charge in [-0.3, -0.25) is 0 Å². The van der Waals surface area contributed by atoms with Crippen molar-refractivity contribution >= 4 is 29.4 Å². The van der Waals surface area contributed by atoms with Crippen LogP contribution in [-0.2, 0) is 0 Å². The molecule has 0 saturated heterocycles. The smallest absolute Gasteiger partial charge is 0.223 e. The second-order valence-corrected chi connectivity index (χ2v) is 5.22. The van der Waals surface area contributed by atoms with Crippen molar-refractivity contribution in [2.75, 3.05) is 5.75 Å². The highest BCUT2D eigenvalue weighted by molar-refractivity contribution is 7.99. The lowest BCUT2D eigenvalue weighted by atomic mass is 10.3. The minimum Gasteiger partial charge on any atom is -0.370 e. The Kier molecular flexibility index (Phi) is 6.81. The van der Waals surface area contributed by atoms with Gasteiger partial charge in [-0.15, -0.1) is 11.8 Å². The van der Waals surface area contributed by atoms with E-state index in [1.807, 2.05) is 36.0 Å². The predicted molar refractivity (Wildman–Crippen MR) is 83.8 cm³/mol. The number of guanidine groups is 2. The molecule has 0 aromatic heterocycles. The Morgan fingerprint density at radius 1 is 1.11 bits per heavy atom. The molecule has 0 amide bonds. The lowest BCUT2D eigenvalue weighted by Gasteiger charge is -2.02. The van der Waals surface area contributed by atoms with Crippen LogP contribution >= 0.6 is 11.8 Å². The molecule has 0 aliphatic carbocycles. The predicted octanol–water partition coefficient (Wildman–Crippen LogP) is 2.19. The second-order valence-electron chi connectivity index (χ2n) is 4.06. The van der Waals surface area contributed by atoms with Crippen LogP contribution in [0.25, 0.3) is 0 Å². The van der Waals surface area contributed by atoms with Crippen molar-refractivity contribution in [1.29, 1.82) is 0 Å². The molecule has 104 valence electrons. The van der Waals surface area contributed by atoms with Gasteiger partial charge in [0, 0.05) is 4.90 Å². The van der Waals surface area contributed by atoms with Gasteiger partial charge in [-0.2, -0.15) is 4.99 Å². The third kappa shape index (κ3) is 6.71. The first-order valence-corrected chi connectivity index (χ1v) is 7.27. The monoisotopic (exact) mass is 279 g/mol. The van der Waals surface area contributed by atoms with Crippen LogP contribution < -0.4 is 17.2 Å². The zero-order valence-corrected chi connectivity index (χ0v) is 12.0. The standard InChI is InChI=1S/C13H21N5S/c1-2-3-4-9-19-11-7-5-10(6-8-11)17-13(16)18-12(14)15/h5-8H,2-4,9H2,1H3,(H6,14,15,16,17,18). The summed E-state index contributed by atoms with van der Waals surface area (Å²) in [7, 11) is 0. The summed E-state index contributed by atoms with van der Waals surface area (Å²) in [5.41, 5.74) is 16.7. The first-order valence-electron chi connectivity index (χ1n) is 6.28. The van der Waals surface area contributed by atoms with E-state index in [-0.39, 0.29) is 11.9 Å². The van der Waals surface area contributed by atoms with Crippen LogP contribution in [0.4, 0.5) is 5.69 Å². The highest BCUT2D eigenvalue weighted by Gasteiger charge is 1.96. The quantitative estimate of drug-likeness (QED) is 0.321. The van der Waals surface area contributed by atoms with Crippen molar-refractivity contribution in [3.05, 3.63) is 24.3 Å². The van der Waals surface area contributed by atoms with E-state index in [4.69, 9.17) is 17.2 Å². The number of hydrogen-bond donors (Lipinski definition) is 3. The molecule has 0 fully saturated rings. The van der Waals surface area contributed by atoms with Crippen LogP contribution in [0.1, 0.15) is 26.2 Å². The van der Waals surface area contributed by atoms with Gasteiger partial charge in [0.25, 0.3) is 0 Å². The van der Waals surface area contributed by atoms with Gasteiger partial charge in [0.1, 0.15) is 0 Å². The summed E-state index contributed by atoms with van der Waals surface area (Å²) in [6, 6.07) is 7.85. The second kappa shape index (κ2) is 8.42. The van der Waals surface area contributed by atoms with Gasteiger partial charge in [0.2, 0.25) is 5.96 Å². The molecule has 0 aliphatic rings. The summed E-state index contributed by atoms with van der Waals surface area (Å²) in [6.45, 7) is 2.21. The zero-order valence-electron chi connectivity index (χ0n) is 11.2. The van der Waals surface area contributed by atoms with E-state index in [1.54, 1.807) is 0 Å². The fraction of sp³-hybridized carbons (Fsp3) is 0.385. The van der Waals surface area contributed by atoms with Crippen LogP contribution in [0.5, 0.6) is 0 Å². The first kappa shape index (κ1) is 15.4. The third-order valence-electron chi connectivity index (χ3n) is 2.34.